The van der Waals surface area contributed by atoms with Crippen LogP contribution in [0.4, 0.5) is 0 Å². The number of amides is 2. The Kier molecular flexibility index (Phi) is 6.97. The molecule has 0 bridgehead atoms. The van der Waals surface area contributed by atoms with Crippen molar-refractivity contribution in [3.8, 4) is 5.75 Å². The lowest BCUT2D eigenvalue weighted by atomic mass is 9.96. The fourth-order valence-electron chi connectivity index (χ4n) is 2.81. The van der Waals surface area contributed by atoms with Crippen molar-refractivity contribution in [2.24, 2.45) is 5.92 Å². The molecule has 6 heteroatoms. The largest absolute Gasteiger partial charge is 0.497 e. The van der Waals surface area contributed by atoms with Crippen molar-refractivity contribution in [2.75, 3.05) is 26.7 Å². The highest BCUT2D eigenvalue weighted by molar-refractivity contribution is 8.00. The maximum Gasteiger partial charge on any atom is 0.235 e. The first-order valence-corrected chi connectivity index (χ1v) is 9.21. The number of nitrogens with zero attached hydrogens (tertiary/aromatic N) is 1. The van der Waals surface area contributed by atoms with Crippen LogP contribution in [0.3, 0.4) is 0 Å². The van der Waals surface area contributed by atoms with E-state index in [9.17, 15) is 9.59 Å². The molecule has 0 spiro atoms. The molecule has 5 nitrogen and oxygen atoms in total. The van der Waals surface area contributed by atoms with Gasteiger partial charge in [-0.05, 0) is 49.9 Å². The van der Waals surface area contributed by atoms with Gasteiger partial charge in [-0.3, -0.25) is 9.59 Å². The number of thioether (sulfide) groups is 1. The molecule has 1 aliphatic rings. The average Bonchev–Trinajstić information content (AvgIpc) is 2.60. The summed E-state index contributed by atoms with van der Waals surface area (Å²) < 4.78 is 5.15. The summed E-state index contributed by atoms with van der Waals surface area (Å²) in [7, 11) is 1.64. The molecule has 2 rings (SSSR count). The molecule has 1 aliphatic heterocycles. The number of methoxy groups -OCH3 is 1. The van der Waals surface area contributed by atoms with Crippen LogP contribution in [0.1, 0.15) is 26.7 Å². The standard InChI is InChI=1S/C18H26N2O3S/c1-13(24-17-6-4-16(23-3)5-7-17)18(22)20-10-8-15(9-11-20)12-19-14(2)21/h4-7,13,15H,8-12H2,1-3H3,(H,19,21). The van der Waals surface area contributed by atoms with E-state index in [-0.39, 0.29) is 17.1 Å². The number of nitrogens with one attached hydrogen (secondary N) is 1. The van der Waals surface area contributed by atoms with Gasteiger partial charge in [0.25, 0.3) is 0 Å². The predicted octanol–water partition coefficient (Wildman–Crippen LogP) is 2.55. The Hall–Kier alpha value is -1.69. The smallest absolute Gasteiger partial charge is 0.235 e. The van der Waals surface area contributed by atoms with Crippen molar-refractivity contribution >= 4 is 23.6 Å². The minimum atomic E-state index is -0.106. The zero-order chi connectivity index (χ0) is 17.5. The van der Waals surface area contributed by atoms with Gasteiger partial charge in [0.15, 0.2) is 0 Å². The first-order valence-electron chi connectivity index (χ1n) is 8.33. The second kappa shape index (κ2) is 8.97. The summed E-state index contributed by atoms with van der Waals surface area (Å²) in [6, 6.07) is 7.78. The molecule has 1 aromatic rings. The molecular weight excluding hydrogens is 324 g/mol. The Bertz CT molecular complexity index is 554. The minimum absolute atomic E-state index is 0.0121. The molecule has 24 heavy (non-hydrogen) atoms. The summed E-state index contributed by atoms with van der Waals surface area (Å²) in [5, 5.41) is 2.76. The lowest BCUT2D eigenvalue weighted by Gasteiger charge is -2.33. The Morgan fingerprint density at radius 1 is 1.29 bits per heavy atom. The van der Waals surface area contributed by atoms with Crippen molar-refractivity contribution in [3.63, 3.8) is 0 Å². The van der Waals surface area contributed by atoms with E-state index in [4.69, 9.17) is 4.74 Å². The molecule has 0 saturated carbocycles. The first kappa shape index (κ1) is 18.6. The van der Waals surface area contributed by atoms with Crippen LogP contribution in [0, 0.1) is 5.92 Å². The number of carbonyl (C=O) groups excluding carboxylic acids is 2. The quantitative estimate of drug-likeness (QED) is 0.801. The third-order valence-corrected chi connectivity index (χ3v) is 5.39. The number of hydrogen-bond acceptors (Lipinski definition) is 4. The van der Waals surface area contributed by atoms with Crippen molar-refractivity contribution in [3.05, 3.63) is 24.3 Å². The molecule has 1 saturated heterocycles. The van der Waals surface area contributed by atoms with E-state index in [2.05, 4.69) is 5.32 Å². The van der Waals surface area contributed by atoms with Crippen LogP contribution >= 0.6 is 11.8 Å². The number of rotatable bonds is 6. The van der Waals surface area contributed by atoms with Crippen molar-refractivity contribution in [1.82, 2.24) is 10.2 Å². The second-order valence-corrected chi connectivity index (χ2v) is 7.56. The maximum absolute atomic E-state index is 12.6. The lowest BCUT2D eigenvalue weighted by molar-refractivity contribution is -0.131. The summed E-state index contributed by atoms with van der Waals surface area (Å²) >= 11 is 1.58. The predicted molar refractivity (Wildman–Crippen MR) is 96.3 cm³/mol. The van der Waals surface area contributed by atoms with Gasteiger partial charge in [0.1, 0.15) is 5.75 Å². The molecule has 132 valence electrons. The summed E-state index contributed by atoms with van der Waals surface area (Å²) in [5.41, 5.74) is 0. The molecule has 0 aromatic heterocycles. The van der Waals surface area contributed by atoms with Gasteiger partial charge in [-0.2, -0.15) is 0 Å². The molecule has 1 fully saturated rings. The summed E-state index contributed by atoms with van der Waals surface area (Å²) in [5.74, 6) is 1.49. The van der Waals surface area contributed by atoms with Crippen LogP contribution in [0.15, 0.2) is 29.2 Å². The second-order valence-electron chi connectivity index (χ2n) is 6.14. The third-order valence-electron chi connectivity index (χ3n) is 4.29. The van der Waals surface area contributed by atoms with E-state index in [0.29, 0.717) is 12.5 Å². The zero-order valence-corrected chi connectivity index (χ0v) is 15.4. The molecule has 0 radical (unpaired) electrons. The SMILES string of the molecule is COc1ccc(SC(C)C(=O)N2CCC(CNC(C)=O)CC2)cc1. The van der Waals surface area contributed by atoms with Crippen LogP contribution in [0.2, 0.25) is 0 Å². The molecule has 1 atom stereocenters. The van der Waals surface area contributed by atoms with E-state index in [1.807, 2.05) is 36.1 Å². The highest BCUT2D eigenvalue weighted by atomic mass is 32.2. The first-order chi connectivity index (χ1) is 11.5. The van der Waals surface area contributed by atoms with Gasteiger partial charge in [-0.15, -0.1) is 11.8 Å². The van der Waals surface area contributed by atoms with Crippen molar-refractivity contribution in [2.45, 2.75) is 36.8 Å². The number of ether oxygens (including phenoxy) is 1. The topological polar surface area (TPSA) is 58.6 Å². The van der Waals surface area contributed by atoms with Crippen molar-refractivity contribution < 1.29 is 14.3 Å². The molecule has 1 N–H and O–H groups in total. The van der Waals surface area contributed by atoms with Gasteiger partial charge in [-0.1, -0.05) is 0 Å². The van der Waals surface area contributed by atoms with Crippen LogP contribution in [-0.4, -0.2) is 48.7 Å². The number of benzene rings is 1. The molecule has 1 heterocycles. The van der Waals surface area contributed by atoms with E-state index >= 15 is 0 Å². The van der Waals surface area contributed by atoms with Crippen LogP contribution < -0.4 is 10.1 Å². The fraction of sp³-hybridized carbons (Fsp3) is 0.556. The monoisotopic (exact) mass is 350 g/mol. The van der Waals surface area contributed by atoms with Gasteiger partial charge in [0, 0.05) is 31.5 Å². The molecule has 1 unspecified atom stereocenters. The fourth-order valence-corrected chi connectivity index (χ4v) is 3.76. The van der Waals surface area contributed by atoms with E-state index in [1.54, 1.807) is 18.9 Å². The van der Waals surface area contributed by atoms with Gasteiger partial charge >= 0.3 is 0 Å². The molecule has 2 amide bonds. The third kappa shape index (κ3) is 5.44. The van der Waals surface area contributed by atoms with E-state index < -0.39 is 0 Å². The minimum Gasteiger partial charge on any atom is -0.497 e. The summed E-state index contributed by atoms with van der Waals surface area (Å²) in [6.45, 7) is 5.76. The Morgan fingerprint density at radius 2 is 1.92 bits per heavy atom. The number of hydrogen-bond donors (Lipinski definition) is 1. The Morgan fingerprint density at radius 3 is 2.46 bits per heavy atom. The molecular formula is C18H26N2O3S. The van der Waals surface area contributed by atoms with Gasteiger partial charge < -0.3 is 15.0 Å². The van der Waals surface area contributed by atoms with E-state index in [0.717, 1.165) is 36.6 Å². The van der Waals surface area contributed by atoms with Crippen LogP contribution in [0.25, 0.3) is 0 Å². The highest BCUT2D eigenvalue weighted by Gasteiger charge is 2.26. The molecule has 0 aliphatic carbocycles. The summed E-state index contributed by atoms with van der Waals surface area (Å²) in [6.07, 6.45) is 1.90. The van der Waals surface area contributed by atoms with E-state index in [1.165, 1.54) is 6.92 Å². The number of likely N-dealkylation sites (tertiary alicyclic amines) is 1. The van der Waals surface area contributed by atoms with Crippen molar-refractivity contribution in [1.29, 1.82) is 0 Å². The number of piperidine rings is 1. The molecule has 1 aromatic carbocycles. The highest BCUT2D eigenvalue weighted by Crippen LogP contribution is 2.27. The van der Waals surface area contributed by atoms with Gasteiger partial charge in [-0.25, -0.2) is 0 Å². The Labute approximate surface area is 148 Å². The van der Waals surface area contributed by atoms with Crippen LogP contribution in [-0.2, 0) is 9.59 Å². The van der Waals surface area contributed by atoms with Gasteiger partial charge in [0.2, 0.25) is 11.8 Å². The maximum atomic E-state index is 12.6. The Balaban J connectivity index is 1.79. The van der Waals surface area contributed by atoms with Gasteiger partial charge in [0.05, 0.1) is 12.4 Å². The number of carbonyl (C=O) groups is 2. The zero-order valence-electron chi connectivity index (χ0n) is 14.6. The normalized spacial score (nSPS) is 16.5. The summed E-state index contributed by atoms with van der Waals surface area (Å²) in [4.78, 5) is 26.6. The van der Waals surface area contributed by atoms with Crippen LogP contribution in [0.5, 0.6) is 5.75 Å². The lowest BCUT2D eigenvalue weighted by Crippen LogP contribution is -2.44. The average molecular weight is 350 g/mol.